The molecule has 5 aromatic carbocycles. The van der Waals surface area contributed by atoms with Gasteiger partial charge in [0, 0.05) is 39.7 Å². The highest BCUT2D eigenvalue weighted by Crippen LogP contribution is 2.53. The van der Waals surface area contributed by atoms with Crippen LogP contribution in [-0.4, -0.2) is 35.2 Å². The van der Waals surface area contributed by atoms with Crippen molar-refractivity contribution in [3.05, 3.63) is 114 Å². The van der Waals surface area contributed by atoms with E-state index in [1.54, 1.807) is 7.05 Å². The third-order valence-electron chi connectivity index (χ3n) is 8.90. The van der Waals surface area contributed by atoms with Crippen molar-refractivity contribution in [2.24, 2.45) is 15.0 Å². The van der Waals surface area contributed by atoms with E-state index >= 15 is 0 Å². The summed E-state index contributed by atoms with van der Waals surface area (Å²) in [5, 5.41) is 4.80. The molecule has 0 saturated carbocycles. The molecule has 42 heavy (non-hydrogen) atoms. The number of nitrogens with zero attached hydrogens (tertiary/aromatic N) is 5. The zero-order chi connectivity index (χ0) is 28.6. The van der Waals surface area contributed by atoms with Crippen molar-refractivity contribution in [3.8, 4) is 16.8 Å². The van der Waals surface area contributed by atoms with Crippen LogP contribution in [0.5, 0.6) is 0 Å². The van der Waals surface area contributed by atoms with Crippen LogP contribution in [0.4, 0.5) is 0 Å². The molecule has 7 aromatic rings. The van der Waals surface area contributed by atoms with Gasteiger partial charge in [0.05, 0.1) is 22.1 Å². The van der Waals surface area contributed by atoms with E-state index in [0.717, 1.165) is 27.5 Å². The monoisotopic (exact) mass is 543 g/mol. The van der Waals surface area contributed by atoms with E-state index in [1.807, 2.05) is 6.07 Å². The van der Waals surface area contributed by atoms with Gasteiger partial charge in [-0.1, -0.05) is 86.6 Å². The van der Waals surface area contributed by atoms with Crippen LogP contribution in [0.25, 0.3) is 60.4 Å². The van der Waals surface area contributed by atoms with E-state index < -0.39 is 0 Å². The van der Waals surface area contributed by atoms with Crippen LogP contribution in [0.15, 0.2) is 118 Å². The van der Waals surface area contributed by atoms with Crippen molar-refractivity contribution in [1.82, 2.24) is 9.13 Å². The predicted octanol–water partition coefficient (Wildman–Crippen LogP) is 8.76. The highest BCUT2D eigenvalue weighted by molar-refractivity contribution is 6.17. The Labute approximate surface area is 243 Å². The molecule has 0 unspecified atom stereocenters. The lowest BCUT2D eigenvalue weighted by molar-refractivity contribution is 0.664. The molecule has 202 valence electrons. The van der Waals surface area contributed by atoms with E-state index in [-0.39, 0.29) is 5.41 Å². The smallest absolute Gasteiger partial charge is 0.235 e. The van der Waals surface area contributed by atoms with Crippen molar-refractivity contribution in [2.45, 2.75) is 19.3 Å². The summed E-state index contributed by atoms with van der Waals surface area (Å²) < 4.78 is 4.53. The minimum Gasteiger partial charge on any atom is -0.309 e. The fraction of sp³-hybridized carbons (Fsp3) is 0.108. The van der Waals surface area contributed by atoms with Gasteiger partial charge >= 0.3 is 0 Å². The fourth-order valence-electron chi connectivity index (χ4n) is 7.17. The molecule has 0 spiro atoms. The molecule has 5 heteroatoms. The van der Waals surface area contributed by atoms with Gasteiger partial charge in [-0.15, -0.1) is 0 Å². The van der Waals surface area contributed by atoms with Gasteiger partial charge in [-0.2, -0.15) is 0 Å². The minimum atomic E-state index is -0.139. The van der Waals surface area contributed by atoms with Crippen LogP contribution in [0.2, 0.25) is 0 Å². The standard InChI is InChI=1S/C37H29N5/c1-37(2)30-14-8-5-11-24(30)27-18-19-28-25-12-6-9-15-31(25)41(35(28)34(27)37)23-17-20-33-29(21-23)26-13-7-10-16-32(26)42(33)36(39-4)40-22-38-3/h5-22H,4H2,1-3H3. The van der Waals surface area contributed by atoms with Gasteiger partial charge < -0.3 is 4.57 Å². The number of hydrogen-bond acceptors (Lipinski definition) is 1. The minimum absolute atomic E-state index is 0.139. The second-order valence-electron chi connectivity index (χ2n) is 11.4. The first-order chi connectivity index (χ1) is 20.5. The average Bonchev–Trinajstić information content (AvgIpc) is 3.61. The van der Waals surface area contributed by atoms with Crippen LogP contribution < -0.4 is 0 Å². The average molecular weight is 544 g/mol. The summed E-state index contributed by atoms with van der Waals surface area (Å²) in [5.74, 6) is 0.494. The van der Waals surface area contributed by atoms with Crippen molar-refractivity contribution in [1.29, 1.82) is 0 Å². The van der Waals surface area contributed by atoms with E-state index in [0.29, 0.717) is 5.96 Å². The second-order valence-corrected chi connectivity index (χ2v) is 11.4. The molecular formula is C37H29N5. The summed E-state index contributed by atoms with van der Waals surface area (Å²) in [6.45, 7) is 8.53. The molecule has 5 nitrogen and oxygen atoms in total. The Balaban J connectivity index is 1.49. The second kappa shape index (κ2) is 8.85. The number of aliphatic imine (C=N–C) groups is 3. The van der Waals surface area contributed by atoms with Crippen molar-refractivity contribution in [3.63, 3.8) is 0 Å². The Morgan fingerprint density at radius 2 is 1.40 bits per heavy atom. The molecule has 0 bridgehead atoms. The maximum atomic E-state index is 4.49. The zero-order valence-electron chi connectivity index (χ0n) is 23.8. The number of aromatic nitrogens is 2. The summed E-state index contributed by atoms with van der Waals surface area (Å²) in [6, 6.07) is 37.3. The van der Waals surface area contributed by atoms with E-state index in [2.05, 4.69) is 142 Å². The van der Waals surface area contributed by atoms with Crippen LogP contribution in [0.1, 0.15) is 25.0 Å². The van der Waals surface area contributed by atoms with E-state index in [4.69, 9.17) is 0 Å². The third-order valence-corrected chi connectivity index (χ3v) is 8.90. The Morgan fingerprint density at radius 1 is 0.714 bits per heavy atom. The van der Waals surface area contributed by atoms with E-state index in [9.17, 15) is 0 Å². The predicted molar refractivity (Wildman–Crippen MR) is 178 cm³/mol. The largest absolute Gasteiger partial charge is 0.309 e. The van der Waals surface area contributed by atoms with Crippen molar-refractivity contribution < 1.29 is 0 Å². The number of hydrogen-bond donors (Lipinski definition) is 0. The molecule has 0 aliphatic heterocycles. The normalized spacial score (nSPS) is 14.4. The molecule has 1 aliphatic carbocycles. The summed E-state index contributed by atoms with van der Waals surface area (Å²) >= 11 is 0. The Morgan fingerprint density at radius 3 is 2.19 bits per heavy atom. The summed E-state index contributed by atoms with van der Waals surface area (Å²) in [5.41, 5.74) is 10.9. The number of para-hydroxylation sites is 2. The Hall–Kier alpha value is -5.29. The molecule has 1 aliphatic rings. The molecule has 0 amide bonds. The first-order valence-corrected chi connectivity index (χ1v) is 14.2. The molecule has 0 fully saturated rings. The van der Waals surface area contributed by atoms with Gasteiger partial charge in [-0.05, 0) is 59.3 Å². The molecular weight excluding hydrogens is 514 g/mol. The lowest BCUT2D eigenvalue weighted by Gasteiger charge is -2.23. The van der Waals surface area contributed by atoms with Gasteiger partial charge in [0.25, 0.3) is 0 Å². The molecule has 0 radical (unpaired) electrons. The van der Waals surface area contributed by atoms with Gasteiger partial charge in [-0.25, -0.2) is 9.98 Å². The topological polar surface area (TPSA) is 46.9 Å². The van der Waals surface area contributed by atoms with Gasteiger partial charge in [0.1, 0.15) is 6.34 Å². The first-order valence-electron chi connectivity index (χ1n) is 14.2. The van der Waals surface area contributed by atoms with Crippen LogP contribution >= 0.6 is 0 Å². The highest BCUT2D eigenvalue weighted by atomic mass is 15.2. The lowest BCUT2D eigenvalue weighted by atomic mass is 9.81. The lowest BCUT2D eigenvalue weighted by Crippen LogP contribution is -2.16. The molecule has 2 heterocycles. The molecule has 0 N–H and O–H groups in total. The van der Waals surface area contributed by atoms with Crippen LogP contribution in [0.3, 0.4) is 0 Å². The van der Waals surface area contributed by atoms with Crippen molar-refractivity contribution >= 4 is 62.6 Å². The van der Waals surface area contributed by atoms with Gasteiger partial charge in [0.15, 0.2) is 0 Å². The third kappa shape index (κ3) is 3.16. The summed E-state index contributed by atoms with van der Waals surface area (Å²) in [7, 11) is 1.70. The van der Waals surface area contributed by atoms with Gasteiger partial charge in [0.2, 0.25) is 5.96 Å². The molecule has 2 aromatic heterocycles. The Kier molecular flexibility index (Phi) is 5.16. The molecule has 8 rings (SSSR count). The number of benzene rings is 5. The molecule has 0 atom stereocenters. The fourth-order valence-corrected chi connectivity index (χ4v) is 7.17. The maximum absolute atomic E-state index is 4.49. The molecule has 0 saturated heterocycles. The highest BCUT2D eigenvalue weighted by Gasteiger charge is 2.38. The van der Waals surface area contributed by atoms with E-state index in [1.165, 1.54) is 50.4 Å². The number of rotatable bonds is 2. The summed E-state index contributed by atoms with van der Waals surface area (Å²) in [6.07, 6.45) is 1.51. The van der Waals surface area contributed by atoms with Crippen LogP contribution in [0, 0.1) is 0 Å². The quantitative estimate of drug-likeness (QED) is 0.155. The van der Waals surface area contributed by atoms with Gasteiger partial charge in [-0.3, -0.25) is 9.56 Å². The SMILES string of the molecule is C=NC(=NC=NC)n1c2ccccc2c2cc(-n3c4ccccc4c4ccc5c(c43)C(C)(C)c3ccccc3-5)ccc21. The first kappa shape index (κ1) is 24.5. The summed E-state index contributed by atoms with van der Waals surface area (Å²) in [4.78, 5) is 12.8. The Bertz CT molecular complexity index is 2310. The zero-order valence-corrected chi connectivity index (χ0v) is 23.8. The van der Waals surface area contributed by atoms with Crippen LogP contribution in [-0.2, 0) is 5.41 Å². The maximum Gasteiger partial charge on any atom is 0.235 e. The number of fused-ring (bicyclic) bond motifs is 10. The van der Waals surface area contributed by atoms with Crippen molar-refractivity contribution in [2.75, 3.05) is 7.05 Å².